The van der Waals surface area contributed by atoms with E-state index in [0.29, 0.717) is 11.2 Å². The van der Waals surface area contributed by atoms with Crippen LogP contribution < -0.4 is 17.0 Å². The molecule has 2 aliphatic rings. The Kier molecular flexibility index (Phi) is 7.19. The molecule has 6 N–H and O–H groups in total. The van der Waals surface area contributed by atoms with Gasteiger partial charge < -0.3 is 30.3 Å². The molecule has 18 heteroatoms. The topological polar surface area (TPSA) is 239 Å². The number of anilines is 1. The molecule has 2 aliphatic heterocycles. The lowest BCUT2D eigenvalue weighted by atomic mass is 10.2. The molecule has 0 aliphatic carbocycles. The lowest BCUT2D eigenvalue weighted by molar-refractivity contribution is -0.0571. The summed E-state index contributed by atoms with van der Waals surface area (Å²) in [5, 5.41) is 20.7. The number of aliphatic hydroxyl groups is 2. The molecule has 2 fully saturated rings. The SMILES string of the molecule is Cc1cn([C@H]2C[C@H](O)[C@@H](COP(=O)(O)OC[C@H]3O[C@@H](n4cnc5c(N)ncnc54)C[C@@H]3O)O2)c(=O)[nH]c1=O. The number of nitrogens with two attached hydrogens (primary N) is 1. The van der Waals surface area contributed by atoms with Crippen LogP contribution in [0.4, 0.5) is 5.82 Å². The van der Waals surface area contributed by atoms with Crippen LogP contribution in [0.15, 0.2) is 28.4 Å². The Balaban J connectivity index is 1.15. The Morgan fingerprint density at radius 2 is 1.68 bits per heavy atom. The number of hydrogen-bond donors (Lipinski definition) is 5. The number of aryl methyl sites for hydroxylation is 1. The first-order valence-electron chi connectivity index (χ1n) is 11.6. The number of fused-ring (bicyclic) bond motifs is 1. The molecule has 0 radical (unpaired) electrons. The zero-order valence-corrected chi connectivity index (χ0v) is 20.9. The Morgan fingerprint density at radius 3 is 2.32 bits per heavy atom. The number of nitrogens with one attached hydrogen (secondary N) is 1. The van der Waals surface area contributed by atoms with Gasteiger partial charge >= 0.3 is 13.5 Å². The second-order valence-corrected chi connectivity index (χ2v) is 10.4. The molecule has 2 saturated heterocycles. The lowest BCUT2D eigenvalue weighted by Crippen LogP contribution is -2.33. The number of H-pyrrole nitrogens is 1. The van der Waals surface area contributed by atoms with Crippen LogP contribution in [0.5, 0.6) is 0 Å². The summed E-state index contributed by atoms with van der Waals surface area (Å²) in [7, 11) is -4.65. The normalized spacial score (nSPS) is 29.2. The average Bonchev–Trinajstić information content (AvgIpc) is 3.56. The zero-order valence-electron chi connectivity index (χ0n) is 20.0. The van der Waals surface area contributed by atoms with E-state index in [1.165, 1.54) is 25.8 Å². The Bertz CT molecular complexity index is 1490. The van der Waals surface area contributed by atoms with E-state index < -0.39 is 69.2 Å². The van der Waals surface area contributed by atoms with Crippen molar-refractivity contribution in [3.63, 3.8) is 0 Å². The lowest BCUT2D eigenvalue weighted by Gasteiger charge is -2.20. The standard InChI is InChI=1S/C20H26N7O10P/c1-9-4-26(20(31)25-19(9)30)14-2-10(28)12(36-14)5-34-38(32,33)35-6-13-11(29)3-15(37-13)27-8-24-16-17(21)22-7-23-18(16)27/h4,7-8,10-15,28-29H,2-3,5-6H2,1H3,(H,32,33)(H2,21,22,23)(H,25,30,31)/t10-,11-,12+,13+,14+,15+/m0/s1. The van der Waals surface area contributed by atoms with Crippen molar-refractivity contribution in [3.05, 3.63) is 45.3 Å². The fraction of sp³-hybridized carbons (Fsp3) is 0.550. The van der Waals surface area contributed by atoms with Gasteiger partial charge in [-0.25, -0.2) is 24.3 Å². The summed E-state index contributed by atoms with van der Waals surface area (Å²) in [6.45, 7) is 0.508. The van der Waals surface area contributed by atoms with Crippen molar-refractivity contribution in [1.82, 2.24) is 29.1 Å². The van der Waals surface area contributed by atoms with Gasteiger partial charge in [0, 0.05) is 24.6 Å². The smallest absolute Gasteiger partial charge is 0.390 e. The molecule has 206 valence electrons. The van der Waals surface area contributed by atoms with E-state index in [9.17, 15) is 29.3 Å². The van der Waals surface area contributed by atoms with E-state index in [4.69, 9.17) is 24.3 Å². The summed E-state index contributed by atoms with van der Waals surface area (Å²) in [5.74, 6) is 0.189. The first kappa shape index (κ1) is 26.6. The molecule has 0 bridgehead atoms. The Hall–Kier alpha value is -3.02. The largest absolute Gasteiger partial charge is 0.472 e. The zero-order chi connectivity index (χ0) is 27.2. The molecule has 5 heterocycles. The highest BCUT2D eigenvalue weighted by Gasteiger charge is 2.40. The van der Waals surface area contributed by atoms with Crippen molar-refractivity contribution in [1.29, 1.82) is 0 Å². The summed E-state index contributed by atoms with van der Waals surface area (Å²) in [6.07, 6.45) is -1.64. The number of phosphoric ester groups is 1. The van der Waals surface area contributed by atoms with Crippen LogP contribution in [-0.2, 0) is 23.1 Å². The maximum atomic E-state index is 12.4. The minimum absolute atomic E-state index is 0.0149. The number of aromatic amines is 1. The minimum Gasteiger partial charge on any atom is -0.390 e. The van der Waals surface area contributed by atoms with E-state index in [1.54, 1.807) is 4.57 Å². The summed E-state index contributed by atoms with van der Waals surface area (Å²) in [6, 6.07) is 0. The molecule has 0 saturated carbocycles. The second-order valence-electron chi connectivity index (χ2n) is 8.99. The number of nitrogen functional groups attached to an aromatic ring is 1. The van der Waals surface area contributed by atoms with Gasteiger partial charge in [-0.05, 0) is 6.92 Å². The third-order valence-corrected chi connectivity index (χ3v) is 7.32. The molecular formula is C20H26N7O10P. The van der Waals surface area contributed by atoms with Crippen molar-refractivity contribution in [2.45, 2.75) is 56.6 Å². The predicted octanol–water partition coefficient (Wildman–Crippen LogP) is -1.30. The maximum Gasteiger partial charge on any atom is 0.472 e. The first-order valence-corrected chi connectivity index (χ1v) is 13.1. The predicted molar refractivity (Wildman–Crippen MR) is 127 cm³/mol. The number of hydrogen-bond acceptors (Lipinski definition) is 13. The number of imidazole rings is 1. The maximum absolute atomic E-state index is 12.4. The van der Waals surface area contributed by atoms with Crippen LogP contribution in [0.1, 0.15) is 30.9 Å². The van der Waals surface area contributed by atoms with Crippen molar-refractivity contribution in [2.75, 3.05) is 18.9 Å². The molecule has 0 spiro atoms. The summed E-state index contributed by atoms with van der Waals surface area (Å²) in [5.41, 5.74) is 5.58. The highest BCUT2D eigenvalue weighted by Crippen LogP contribution is 2.45. The molecule has 1 unspecified atom stereocenters. The molecule has 7 atom stereocenters. The number of rotatable bonds is 8. The van der Waals surface area contributed by atoms with Gasteiger partial charge in [0.15, 0.2) is 11.5 Å². The highest BCUT2D eigenvalue weighted by atomic mass is 31.2. The minimum atomic E-state index is -4.65. The number of phosphoric acid groups is 1. The quantitative estimate of drug-likeness (QED) is 0.203. The number of nitrogens with zero attached hydrogens (tertiary/aromatic N) is 5. The van der Waals surface area contributed by atoms with Crippen LogP contribution in [0.2, 0.25) is 0 Å². The molecule has 0 aromatic carbocycles. The number of aliphatic hydroxyl groups excluding tert-OH is 2. The average molecular weight is 555 g/mol. The fourth-order valence-electron chi connectivity index (χ4n) is 4.33. The van der Waals surface area contributed by atoms with E-state index in [1.807, 2.05) is 0 Å². The van der Waals surface area contributed by atoms with Crippen LogP contribution in [0, 0.1) is 6.92 Å². The van der Waals surface area contributed by atoms with Gasteiger partial charge in [-0.2, -0.15) is 0 Å². The molecule has 0 amide bonds. The Morgan fingerprint density at radius 1 is 1.08 bits per heavy atom. The van der Waals surface area contributed by atoms with Gasteiger partial charge in [0.1, 0.15) is 36.5 Å². The first-order chi connectivity index (χ1) is 18.0. The van der Waals surface area contributed by atoms with Crippen LogP contribution in [0.25, 0.3) is 11.2 Å². The van der Waals surface area contributed by atoms with Crippen LogP contribution in [-0.4, -0.2) is 81.8 Å². The van der Waals surface area contributed by atoms with Gasteiger partial charge in [-0.15, -0.1) is 0 Å². The monoisotopic (exact) mass is 555 g/mol. The molecule has 3 aromatic rings. The van der Waals surface area contributed by atoms with Crippen molar-refractivity contribution >= 4 is 24.8 Å². The van der Waals surface area contributed by atoms with Gasteiger partial charge in [-0.1, -0.05) is 0 Å². The Labute approximate surface area is 213 Å². The van der Waals surface area contributed by atoms with Crippen LogP contribution in [0.3, 0.4) is 0 Å². The van der Waals surface area contributed by atoms with Gasteiger partial charge in [0.25, 0.3) is 5.56 Å². The second kappa shape index (κ2) is 10.3. The summed E-state index contributed by atoms with van der Waals surface area (Å²) >= 11 is 0. The van der Waals surface area contributed by atoms with Crippen LogP contribution >= 0.6 is 7.82 Å². The van der Waals surface area contributed by atoms with E-state index in [2.05, 4.69) is 19.9 Å². The molecular weight excluding hydrogens is 529 g/mol. The number of aromatic nitrogens is 6. The highest BCUT2D eigenvalue weighted by molar-refractivity contribution is 7.47. The summed E-state index contributed by atoms with van der Waals surface area (Å²) in [4.78, 5) is 48.1. The molecule has 3 aromatic heterocycles. The van der Waals surface area contributed by atoms with Crippen molar-refractivity contribution < 1.29 is 38.2 Å². The number of ether oxygens (including phenoxy) is 2. The summed E-state index contributed by atoms with van der Waals surface area (Å²) < 4.78 is 36.5. The fourth-order valence-corrected chi connectivity index (χ4v) is 5.07. The van der Waals surface area contributed by atoms with Crippen molar-refractivity contribution in [2.24, 2.45) is 0 Å². The van der Waals surface area contributed by atoms with Gasteiger partial charge in [-0.3, -0.25) is 28.0 Å². The molecule has 17 nitrogen and oxygen atoms in total. The molecule has 38 heavy (non-hydrogen) atoms. The van der Waals surface area contributed by atoms with E-state index in [-0.39, 0.29) is 24.2 Å². The third kappa shape index (κ3) is 5.27. The van der Waals surface area contributed by atoms with Gasteiger partial charge in [0.2, 0.25) is 0 Å². The molecule has 5 rings (SSSR count). The van der Waals surface area contributed by atoms with E-state index >= 15 is 0 Å². The third-order valence-electron chi connectivity index (χ3n) is 6.37. The van der Waals surface area contributed by atoms with E-state index in [0.717, 1.165) is 4.57 Å². The van der Waals surface area contributed by atoms with Gasteiger partial charge in [0.05, 0.1) is 31.7 Å². The van der Waals surface area contributed by atoms with Crippen molar-refractivity contribution in [3.8, 4) is 0 Å².